The standard InChI is InChI=1S/C15H29NO/c1-11(2)16-10-15(8-12(3)17-4)9-13-5-6-14(15)7-13/h11-14,16H,5-10H2,1-4H3. The SMILES string of the molecule is COC(C)CC1(CNC(C)C)CC2CCC1C2. The number of hydrogen-bond donors (Lipinski definition) is 1. The third-order valence-corrected chi connectivity index (χ3v) is 5.06. The molecule has 1 N–H and O–H groups in total. The second-order valence-corrected chi connectivity index (χ2v) is 6.73. The van der Waals surface area contributed by atoms with Crippen LogP contribution in [0.1, 0.15) is 52.9 Å². The molecule has 0 aromatic carbocycles. The van der Waals surface area contributed by atoms with Crippen LogP contribution in [0.25, 0.3) is 0 Å². The average Bonchev–Trinajstić information content (AvgIpc) is 2.86. The van der Waals surface area contributed by atoms with Gasteiger partial charge in [-0.2, -0.15) is 0 Å². The van der Waals surface area contributed by atoms with Crippen molar-refractivity contribution in [3.8, 4) is 0 Å². The molecular formula is C15H29NO. The monoisotopic (exact) mass is 239 g/mol. The smallest absolute Gasteiger partial charge is 0.0549 e. The molecule has 0 spiro atoms. The quantitative estimate of drug-likeness (QED) is 0.768. The van der Waals surface area contributed by atoms with Gasteiger partial charge in [0, 0.05) is 19.7 Å². The van der Waals surface area contributed by atoms with Gasteiger partial charge in [0.15, 0.2) is 0 Å². The normalized spacial score (nSPS) is 37.9. The van der Waals surface area contributed by atoms with E-state index in [-0.39, 0.29) is 0 Å². The topological polar surface area (TPSA) is 21.3 Å². The first-order valence-corrected chi connectivity index (χ1v) is 7.32. The lowest BCUT2D eigenvalue weighted by molar-refractivity contribution is 0.0346. The zero-order chi connectivity index (χ0) is 12.5. The number of hydrogen-bond acceptors (Lipinski definition) is 2. The van der Waals surface area contributed by atoms with E-state index in [0.29, 0.717) is 17.6 Å². The van der Waals surface area contributed by atoms with Crippen LogP contribution in [0.15, 0.2) is 0 Å². The molecule has 0 amide bonds. The first-order chi connectivity index (χ1) is 8.05. The van der Waals surface area contributed by atoms with Crippen molar-refractivity contribution in [2.24, 2.45) is 17.3 Å². The lowest BCUT2D eigenvalue weighted by atomic mass is 9.69. The van der Waals surface area contributed by atoms with Crippen LogP contribution >= 0.6 is 0 Å². The van der Waals surface area contributed by atoms with E-state index in [1.54, 1.807) is 0 Å². The molecule has 0 heterocycles. The van der Waals surface area contributed by atoms with E-state index in [0.717, 1.165) is 11.8 Å². The van der Waals surface area contributed by atoms with Gasteiger partial charge in [-0.15, -0.1) is 0 Å². The lowest BCUT2D eigenvalue weighted by Gasteiger charge is -2.40. The van der Waals surface area contributed by atoms with Crippen LogP contribution in [0.4, 0.5) is 0 Å². The van der Waals surface area contributed by atoms with Crippen molar-refractivity contribution in [1.29, 1.82) is 0 Å². The molecule has 2 nitrogen and oxygen atoms in total. The zero-order valence-electron chi connectivity index (χ0n) is 12.0. The molecule has 2 aliphatic carbocycles. The fourth-order valence-electron chi connectivity index (χ4n) is 4.16. The van der Waals surface area contributed by atoms with Gasteiger partial charge in [-0.25, -0.2) is 0 Å². The van der Waals surface area contributed by atoms with Crippen LogP contribution in [-0.4, -0.2) is 25.8 Å². The van der Waals surface area contributed by atoms with E-state index in [9.17, 15) is 0 Å². The van der Waals surface area contributed by atoms with E-state index >= 15 is 0 Å². The van der Waals surface area contributed by atoms with Gasteiger partial charge >= 0.3 is 0 Å². The summed E-state index contributed by atoms with van der Waals surface area (Å²) in [4.78, 5) is 0. The Hall–Kier alpha value is -0.0800. The van der Waals surface area contributed by atoms with E-state index in [1.807, 2.05) is 7.11 Å². The number of ether oxygens (including phenoxy) is 1. The predicted octanol–water partition coefficient (Wildman–Crippen LogP) is 3.22. The Kier molecular flexibility index (Phi) is 4.14. The molecule has 2 aliphatic rings. The van der Waals surface area contributed by atoms with Crippen LogP contribution in [-0.2, 0) is 4.74 Å². The maximum absolute atomic E-state index is 5.52. The van der Waals surface area contributed by atoms with Crippen molar-refractivity contribution >= 4 is 0 Å². The molecule has 0 aliphatic heterocycles. The summed E-state index contributed by atoms with van der Waals surface area (Å²) < 4.78 is 5.52. The van der Waals surface area contributed by atoms with Crippen LogP contribution in [0.5, 0.6) is 0 Å². The van der Waals surface area contributed by atoms with Crippen LogP contribution in [0, 0.1) is 17.3 Å². The molecule has 4 atom stereocenters. The summed E-state index contributed by atoms with van der Waals surface area (Å²) in [5.74, 6) is 1.97. The first kappa shape index (κ1) is 13.4. The van der Waals surface area contributed by atoms with Crippen molar-refractivity contribution < 1.29 is 4.74 Å². The van der Waals surface area contributed by atoms with Crippen molar-refractivity contribution in [2.45, 2.75) is 65.0 Å². The molecule has 17 heavy (non-hydrogen) atoms. The van der Waals surface area contributed by atoms with Crippen molar-refractivity contribution in [3.63, 3.8) is 0 Å². The number of methoxy groups -OCH3 is 1. The highest BCUT2D eigenvalue weighted by molar-refractivity contribution is 5.02. The molecule has 2 fully saturated rings. The summed E-state index contributed by atoms with van der Waals surface area (Å²) in [7, 11) is 1.85. The van der Waals surface area contributed by atoms with Gasteiger partial charge in [0.25, 0.3) is 0 Å². The van der Waals surface area contributed by atoms with Gasteiger partial charge in [0.05, 0.1) is 6.10 Å². The zero-order valence-corrected chi connectivity index (χ0v) is 12.0. The molecule has 0 aromatic heterocycles. The Labute approximate surface area is 107 Å². The van der Waals surface area contributed by atoms with Gasteiger partial charge in [-0.1, -0.05) is 20.3 Å². The first-order valence-electron chi connectivity index (χ1n) is 7.32. The van der Waals surface area contributed by atoms with Gasteiger partial charge in [-0.05, 0) is 49.9 Å². The summed E-state index contributed by atoms with van der Waals surface area (Å²) in [6.07, 6.45) is 7.51. The van der Waals surface area contributed by atoms with E-state index in [2.05, 4.69) is 26.1 Å². The highest BCUT2D eigenvalue weighted by atomic mass is 16.5. The molecule has 100 valence electrons. The third kappa shape index (κ3) is 2.85. The third-order valence-electron chi connectivity index (χ3n) is 5.06. The minimum Gasteiger partial charge on any atom is -0.382 e. The molecule has 0 saturated heterocycles. The van der Waals surface area contributed by atoms with Crippen LogP contribution in [0.2, 0.25) is 0 Å². The largest absolute Gasteiger partial charge is 0.382 e. The molecule has 0 aromatic rings. The molecule has 0 radical (unpaired) electrons. The number of fused-ring (bicyclic) bond motifs is 2. The van der Waals surface area contributed by atoms with Gasteiger partial charge in [0.2, 0.25) is 0 Å². The van der Waals surface area contributed by atoms with E-state index in [1.165, 1.54) is 38.6 Å². The number of nitrogens with one attached hydrogen (secondary N) is 1. The number of rotatable bonds is 6. The fourth-order valence-corrected chi connectivity index (χ4v) is 4.16. The summed E-state index contributed by atoms with van der Waals surface area (Å²) in [5.41, 5.74) is 0.530. The second kappa shape index (κ2) is 5.27. The van der Waals surface area contributed by atoms with Gasteiger partial charge in [0.1, 0.15) is 0 Å². The molecule has 2 saturated carbocycles. The molecular weight excluding hydrogens is 210 g/mol. The Morgan fingerprint density at radius 3 is 2.53 bits per heavy atom. The minimum absolute atomic E-state index is 0.406. The maximum Gasteiger partial charge on any atom is 0.0549 e. The average molecular weight is 239 g/mol. The Morgan fingerprint density at radius 1 is 1.29 bits per heavy atom. The van der Waals surface area contributed by atoms with E-state index < -0.39 is 0 Å². The lowest BCUT2D eigenvalue weighted by Crippen LogP contribution is -2.43. The van der Waals surface area contributed by atoms with Crippen LogP contribution in [0.3, 0.4) is 0 Å². The Morgan fingerprint density at radius 2 is 2.06 bits per heavy atom. The summed E-state index contributed by atoms with van der Waals surface area (Å²) in [6, 6.07) is 0.601. The summed E-state index contributed by atoms with van der Waals surface area (Å²) in [6.45, 7) is 7.92. The van der Waals surface area contributed by atoms with Crippen molar-refractivity contribution in [3.05, 3.63) is 0 Å². The second-order valence-electron chi connectivity index (χ2n) is 6.73. The molecule has 2 rings (SSSR count). The highest BCUT2D eigenvalue weighted by Crippen LogP contribution is 2.57. The van der Waals surface area contributed by atoms with E-state index in [4.69, 9.17) is 4.74 Å². The molecule has 2 heteroatoms. The Balaban J connectivity index is 2.01. The van der Waals surface area contributed by atoms with Crippen molar-refractivity contribution in [1.82, 2.24) is 5.32 Å². The molecule has 2 bridgehead atoms. The minimum atomic E-state index is 0.406. The fraction of sp³-hybridized carbons (Fsp3) is 1.00. The van der Waals surface area contributed by atoms with Crippen molar-refractivity contribution in [2.75, 3.05) is 13.7 Å². The van der Waals surface area contributed by atoms with Crippen LogP contribution < -0.4 is 5.32 Å². The molecule has 4 unspecified atom stereocenters. The maximum atomic E-state index is 5.52. The van der Waals surface area contributed by atoms with Gasteiger partial charge in [-0.3, -0.25) is 0 Å². The highest BCUT2D eigenvalue weighted by Gasteiger charge is 2.50. The summed E-state index contributed by atoms with van der Waals surface area (Å²) >= 11 is 0. The summed E-state index contributed by atoms with van der Waals surface area (Å²) in [5, 5.41) is 3.69. The Bertz CT molecular complexity index is 253. The van der Waals surface area contributed by atoms with Gasteiger partial charge < -0.3 is 10.1 Å². The predicted molar refractivity (Wildman–Crippen MR) is 72.1 cm³/mol.